The van der Waals surface area contributed by atoms with Crippen molar-refractivity contribution in [1.82, 2.24) is 5.32 Å². The van der Waals surface area contributed by atoms with Gasteiger partial charge in [-0.25, -0.2) is 0 Å². The highest BCUT2D eigenvalue weighted by Crippen LogP contribution is 2.28. The molecule has 1 N–H and O–H groups in total. The maximum Gasteiger partial charge on any atom is 0.189 e. The van der Waals surface area contributed by atoms with Crippen molar-refractivity contribution < 1.29 is 14.2 Å². The Morgan fingerprint density at radius 1 is 1.22 bits per heavy atom. The van der Waals surface area contributed by atoms with Crippen LogP contribution >= 0.6 is 0 Å². The van der Waals surface area contributed by atoms with Gasteiger partial charge in [-0.2, -0.15) is 0 Å². The summed E-state index contributed by atoms with van der Waals surface area (Å²) in [6, 6.07) is 6.38. The zero-order valence-corrected chi connectivity index (χ0v) is 11.7. The summed E-state index contributed by atoms with van der Waals surface area (Å²) < 4.78 is 16.0. The molecule has 0 aromatic heterocycles. The summed E-state index contributed by atoms with van der Waals surface area (Å²) in [5.74, 6) is 1.44. The van der Waals surface area contributed by atoms with Gasteiger partial charge in [0.15, 0.2) is 18.3 Å². The van der Waals surface area contributed by atoms with Gasteiger partial charge in [-0.3, -0.25) is 0 Å². The number of methoxy groups -OCH3 is 1. The van der Waals surface area contributed by atoms with E-state index in [-0.39, 0.29) is 6.79 Å². The van der Waals surface area contributed by atoms with E-state index in [4.69, 9.17) is 14.2 Å². The Balaban J connectivity index is 2.68. The molecule has 0 heterocycles. The van der Waals surface area contributed by atoms with Crippen molar-refractivity contribution in [2.75, 3.05) is 20.5 Å². The van der Waals surface area contributed by atoms with Gasteiger partial charge in [0, 0.05) is 19.2 Å². The molecule has 0 saturated carbocycles. The first-order valence-electron chi connectivity index (χ1n) is 6.28. The molecule has 0 unspecified atom stereocenters. The van der Waals surface area contributed by atoms with Gasteiger partial charge >= 0.3 is 0 Å². The molecule has 1 aromatic carbocycles. The number of benzene rings is 1. The number of ether oxygens (including phenoxy) is 3. The van der Waals surface area contributed by atoms with Crippen molar-refractivity contribution in [3.63, 3.8) is 0 Å². The Morgan fingerprint density at radius 3 is 2.61 bits per heavy atom. The summed E-state index contributed by atoms with van der Waals surface area (Å²) in [7, 11) is 1.63. The highest BCUT2D eigenvalue weighted by Gasteiger charge is 2.06. The standard InChI is InChI=1S/C14H23NO3/c1-5-17-10-18-14-8-12(9-15-11(2)3)6-7-13(14)16-4/h6-8,11,15H,5,9-10H2,1-4H3. The molecule has 0 spiro atoms. The van der Waals surface area contributed by atoms with Crippen LogP contribution in [0.3, 0.4) is 0 Å². The van der Waals surface area contributed by atoms with E-state index in [0.717, 1.165) is 17.9 Å². The molecule has 102 valence electrons. The zero-order valence-electron chi connectivity index (χ0n) is 11.7. The third kappa shape index (κ3) is 4.94. The van der Waals surface area contributed by atoms with Crippen LogP contribution in [0.15, 0.2) is 18.2 Å². The van der Waals surface area contributed by atoms with Gasteiger partial charge in [-0.1, -0.05) is 19.9 Å². The van der Waals surface area contributed by atoms with Gasteiger partial charge in [-0.15, -0.1) is 0 Å². The molecule has 4 nitrogen and oxygen atoms in total. The van der Waals surface area contributed by atoms with Crippen LogP contribution in [0.25, 0.3) is 0 Å². The molecule has 0 atom stereocenters. The normalized spacial score (nSPS) is 10.7. The van der Waals surface area contributed by atoms with E-state index in [1.165, 1.54) is 0 Å². The SMILES string of the molecule is CCOCOc1cc(CNC(C)C)ccc1OC. The molecule has 0 aliphatic heterocycles. The minimum Gasteiger partial charge on any atom is -0.493 e. The lowest BCUT2D eigenvalue weighted by Crippen LogP contribution is -2.21. The summed E-state index contributed by atoms with van der Waals surface area (Å²) in [6.07, 6.45) is 0. The zero-order chi connectivity index (χ0) is 13.4. The lowest BCUT2D eigenvalue weighted by Gasteiger charge is -2.13. The van der Waals surface area contributed by atoms with Crippen molar-refractivity contribution in [1.29, 1.82) is 0 Å². The highest BCUT2D eigenvalue weighted by atomic mass is 16.7. The Hall–Kier alpha value is -1.26. The third-order valence-electron chi connectivity index (χ3n) is 2.44. The van der Waals surface area contributed by atoms with Gasteiger partial charge < -0.3 is 19.5 Å². The van der Waals surface area contributed by atoms with E-state index in [1.54, 1.807) is 7.11 Å². The fraction of sp³-hybridized carbons (Fsp3) is 0.571. The molecule has 0 radical (unpaired) electrons. The summed E-state index contributed by atoms with van der Waals surface area (Å²) >= 11 is 0. The first-order valence-corrected chi connectivity index (χ1v) is 6.28. The monoisotopic (exact) mass is 253 g/mol. The average Bonchev–Trinajstić information content (AvgIpc) is 2.37. The maximum atomic E-state index is 5.54. The fourth-order valence-electron chi connectivity index (χ4n) is 1.45. The number of rotatable bonds is 8. The molecular formula is C14H23NO3. The molecule has 0 saturated heterocycles. The molecule has 0 aliphatic carbocycles. The second kappa shape index (κ2) is 7.95. The van der Waals surface area contributed by atoms with Crippen LogP contribution in [0.4, 0.5) is 0 Å². The molecule has 4 heteroatoms. The molecule has 0 amide bonds. The van der Waals surface area contributed by atoms with Gasteiger partial charge in [0.2, 0.25) is 0 Å². The highest BCUT2D eigenvalue weighted by molar-refractivity contribution is 5.42. The number of nitrogens with one attached hydrogen (secondary N) is 1. The first kappa shape index (κ1) is 14.8. The molecule has 0 bridgehead atoms. The summed E-state index contributed by atoms with van der Waals surface area (Å²) in [4.78, 5) is 0. The van der Waals surface area contributed by atoms with Gasteiger partial charge in [0.25, 0.3) is 0 Å². The van der Waals surface area contributed by atoms with Crippen molar-refractivity contribution in [2.24, 2.45) is 0 Å². The maximum absolute atomic E-state index is 5.54. The number of hydrogen-bond donors (Lipinski definition) is 1. The quantitative estimate of drug-likeness (QED) is 0.571. The second-order valence-electron chi connectivity index (χ2n) is 4.28. The van der Waals surface area contributed by atoms with Crippen molar-refractivity contribution in [2.45, 2.75) is 33.4 Å². The predicted octanol–water partition coefficient (Wildman–Crippen LogP) is 2.57. The minimum absolute atomic E-state index is 0.244. The molecule has 0 fully saturated rings. The van der Waals surface area contributed by atoms with Crippen molar-refractivity contribution >= 4 is 0 Å². The van der Waals surface area contributed by atoms with E-state index in [9.17, 15) is 0 Å². The fourth-order valence-corrected chi connectivity index (χ4v) is 1.45. The van der Waals surface area contributed by atoms with Crippen LogP contribution < -0.4 is 14.8 Å². The van der Waals surface area contributed by atoms with Crippen LogP contribution in [0.5, 0.6) is 11.5 Å². The van der Waals surface area contributed by atoms with E-state index in [0.29, 0.717) is 18.4 Å². The summed E-state index contributed by atoms with van der Waals surface area (Å²) in [6.45, 7) is 7.87. The third-order valence-corrected chi connectivity index (χ3v) is 2.44. The number of hydrogen-bond acceptors (Lipinski definition) is 4. The Labute approximate surface area is 109 Å². The molecular weight excluding hydrogens is 230 g/mol. The summed E-state index contributed by atoms with van der Waals surface area (Å²) in [5.41, 5.74) is 1.16. The topological polar surface area (TPSA) is 39.7 Å². The van der Waals surface area contributed by atoms with Crippen LogP contribution in [0, 0.1) is 0 Å². The lowest BCUT2D eigenvalue weighted by molar-refractivity contribution is 0.0208. The molecule has 1 aromatic rings. The second-order valence-corrected chi connectivity index (χ2v) is 4.28. The van der Waals surface area contributed by atoms with Crippen molar-refractivity contribution in [3.8, 4) is 11.5 Å². The van der Waals surface area contributed by atoms with E-state index < -0.39 is 0 Å². The molecule has 18 heavy (non-hydrogen) atoms. The lowest BCUT2D eigenvalue weighted by atomic mass is 10.2. The average molecular weight is 253 g/mol. The van der Waals surface area contributed by atoms with E-state index in [2.05, 4.69) is 19.2 Å². The van der Waals surface area contributed by atoms with Gasteiger partial charge in [0.1, 0.15) is 0 Å². The van der Waals surface area contributed by atoms with E-state index >= 15 is 0 Å². The van der Waals surface area contributed by atoms with Gasteiger partial charge in [0.05, 0.1) is 7.11 Å². The van der Waals surface area contributed by atoms with Gasteiger partial charge in [-0.05, 0) is 24.6 Å². The van der Waals surface area contributed by atoms with Crippen LogP contribution in [-0.4, -0.2) is 26.6 Å². The smallest absolute Gasteiger partial charge is 0.189 e. The first-order chi connectivity index (χ1) is 8.67. The van der Waals surface area contributed by atoms with Crippen LogP contribution in [0.2, 0.25) is 0 Å². The van der Waals surface area contributed by atoms with Crippen molar-refractivity contribution in [3.05, 3.63) is 23.8 Å². The van der Waals surface area contributed by atoms with E-state index in [1.807, 2.05) is 25.1 Å². The van der Waals surface area contributed by atoms with Crippen LogP contribution in [0.1, 0.15) is 26.3 Å². The summed E-state index contributed by atoms with van der Waals surface area (Å²) in [5, 5.41) is 3.37. The largest absolute Gasteiger partial charge is 0.493 e. The Morgan fingerprint density at radius 2 is 2.00 bits per heavy atom. The molecule has 0 aliphatic rings. The predicted molar refractivity (Wildman–Crippen MR) is 72.1 cm³/mol. The minimum atomic E-state index is 0.244. The van der Waals surface area contributed by atoms with Crippen LogP contribution in [-0.2, 0) is 11.3 Å². The Bertz CT molecular complexity index is 353. The Kier molecular flexibility index (Phi) is 6.54. The molecule has 1 rings (SSSR count).